The van der Waals surface area contributed by atoms with Crippen molar-refractivity contribution in [3.8, 4) is 0 Å². The second-order valence-electron chi connectivity index (χ2n) is 8.35. The van der Waals surface area contributed by atoms with Gasteiger partial charge < -0.3 is 28.4 Å². The molecule has 0 aromatic carbocycles. The van der Waals surface area contributed by atoms with Crippen LogP contribution in [0.1, 0.15) is 6.92 Å². The number of hydrogen-bond acceptors (Lipinski definition) is 6. The minimum Gasteiger partial charge on any atom is -0.410 e. The smallest absolute Gasteiger partial charge is 0.217 e. The van der Waals surface area contributed by atoms with Crippen LogP contribution in [0.2, 0.25) is 39.3 Å². The summed E-state index contributed by atoms with van der Waals surface area (Å²) in [5.41, 5.74) is 0. The summed E-state index contributed by atoms with van der Waals surface area (Å²) in [6.45, 7) is 14.6. The van der Waals surface area contributed by atoms with Crippen molar-refractivity contribution in [2.75, 3.05) is 20.8 Å². The molecule has 0 radical (unpaired) electrons. The maximum absolute atomic E-state index is 11.8. The number of methoxy groups -OCH3 is 2. The van der Waals surface area contributed by atoms with Crippen molar-refractivity contribution >= 4 is 22.5 Å². The average molecular weight is 394 g/mol. The first-order valence-electron chi connectivity index (χ1n) is 8.68. The zero-order chi connectivity index (χ0) is 19.4. The SMILES string of the molecule is COCC1OC(OC)C(NC(C)=O)C(O[Si](C)(C)C)C1O[Si](C)(C)C. The van der Waals surface area contributed by atoms with Gasteiger partial charge in [0, 0.05) is 21.1 Å². The van der Waals surface area contributed by atoms with Gasteiger partial charge in [-0.2, -0.15) is 0 Å². The van der Waals surface area contributed by atoms with E-state index in [2.05, 4.69) is 44.6 Å². The summed E-state index contributed by atoms with van der Waals surface area (Å²) in [5.74, 6) is -0.156. The fraction of sp³-hybridized carbons (Fsp3) is 0.938. The topological polar surface area (TPSA) is 75.2 Å². The van der Waals surface area contributed by atoms with Gasteiger partial charge in [-0.3, -0.25) is 4.79 Å². The van der Waals surface area contributed by atoms with E-state index in [9.17, 15) is 4.79 Å². The predicted molar refractivity (Wildman–Crippen MR) is 102 cm³/mol. The fourth-order valence-electron chi connectivity index (χ4n) is 2.89. The number of ether oxygens (including phenoxy) is 3. The monoisotopic (exact) mass is 393 g/mol. The molecule has 1 heterocycles. The molecule has 25 heavy (non-hydrogen) atoms. The summed E-state index contributed by atoms with van der Waals surface area (Å²) in [5, 5.41) is 2.94. The molecule has 0 aromatic heterocycles. The fourth-order valence-corrected chi connectivity index (χ4v) is 5.09. The van der Waals surface area contributed by atoms with Crippen LogP contribution in [0.5, 0.6) is 0 Å². The second kappa shape index (κ2) is 9.07. The van der Waals surface area contributed by atoms with Gasteiger partial charge in [0.2, 0.25) is 5.91 Å². The minimum atomic E-state index is -1.92. The van der Waals surface area contributed by atoms with Crippen LogP contribution in [-0.2, 0) is 27.9 Å². The Bertz CT molecular complexity index is 437. The first-order chi connectivity index (χ1) is 11.4. The van der Waals surface area contributed by atoms with Crippen LogP contribution in [0.25, 0.3) is 0 Å². The van der Waals surface area contributed by atoms with E-state index in [1.165, 1.54) is 6.92 Å². The van der Waals surface area contributed by atoms with Gasteiger partial charge >= 0.3 is 0 Å². The Balaban J connectivity index is 3.26. The third kappa shape index (κ3) is 7.45. The van der Waals surface area contributed by atoms with Gasteiger partial charge in [-0.05, 0) is 39.3 Å². The molecule has 0 saturated carbocycles. The highest BCUT2D eigenvalue weighted by atomic mass is 28.4. The summed E-state index contributed by atoms with van der Waals surface area (Å²) in [7, 11) is -0.611. The molecule has 0 aromatic rings. The van der Waals surface area contributed by atoms with Gasteiger partial charge in [0.1, 0.15) is 18.2 Å². The Kier molecular flexibility index (Phi) is 8.25. The first kappa shape index (κ1) is 22.7. The van der Waals surface area contributed by atoms with Gasteiger partial charge in [-0.15, -0.1) is 0 Å². The average Bonchev–Trinajstić information content (AvgIpc) is 2.42. The molecule has 0 spiro atoms. The van der Waals surface area contributed by atoms with E-state index in [0.29, 0.717) is 6.61 Å². The maximum atomic E-state index is 11.8. The summed E-state index contributed by atoms with van der Waals surface area (Å²) in [6, 6.07) is -0.441. The van der Waals surface area contributed by atoms with Crippen molar-refractivity contribution in [1.29, 1.82) is 0 Å². The largest absolute Gasteiger partial charge is 0.410 e. The van der Waals surface area contributed by atoms with E-state index in [-0.39, 0.29) is 24.2 Å². The highest BCUT2D eigenvalue weighted by molar-refractivity contribution is 6.70. The lowest BCUT2D eigenvalue weighted by atomic mass is 9.97. The number of carbonyl (C=O) groups is 1. The Morgan fingerprint density at radius 1 is 1.00 bits per heavy atom. The summed E-state index contributed by atoms with van der Waals surface area (Å²) in [6.07, 6.45) is -1.64. The quantitative estimate of drug-likeness (QED) is 0.635. The lowest BCUT2D eigenvalue weighted by Gasteiger charge is -2.49. The van der Waals surface area contributed by atoms with Crippen LogP contribution in [0, 0.1) is 0 Å². The molecular formula is C16H35NO6Si2. The number of nitrogens with one attached hydrogen (secondary N) is 1. The van der Waals surface area contributed by atoms with Crippen LogP contribution in [0.15, 0.2) is 0 Å². The van der Waals surface area contributed by atoms with Crippen molar-refractivity contribution in [1.82, 2.24) is 5.32 Å². The zero-order valence-electron chi connectivity index (χ0n) is 17.0. The highest BCUT2D eigenvalue weighted by Crippen LogP contribution is 2.30. The zero-order valence-corrected chi connectivity index (χ0v) is 19.0. The van der Waals surface area contributed by atoms with Crippen LogP contribution in [0.4, 0.5) is 0 Å². The summed E-state index contributed by atoms with van der Waals surface area (Å²) < 4.78 is 29.8. The van der Waals surface area contributed by atoms with Crippen LogP contribution in [0.3, 0.4) is 0 Å². The molecule has 1 rings (SSSR count). The lowest BCUT2D eigenvalue weighted by molar-refractivity contribution is -0.257. The molecule has 1 aliphatic rings. The number of carbonyl (C=O) groups excluding carboxylic acids is 1. The van der Waals surface area contributed by atoms with E-state index in [1.807, 2.05) is 0 Å². The van der Waals surface area contributed by atoms with Crippen molar-refractivity contribution in [2.24, 2.45) is 0 Å². The van der Waals surface area contributed by atoms with Gasteiger partial charge in [0.15, 0.2) is 22.9 Å². The van der Waals surface area contributed by atoms with Crippen molar-refractivity contribution in [3.63, 3.8) is 0 Å². The van der Waals surface area contributed by atoms with E-state index in [1.54, 1.807) is 14.2 Å². The van der Waals surface area contributed by atoms with E-state index in [0.717, 1.165) is 0 Å². The summed E-state index contributed by atoms with van der Waals surface area (Å²) >= 11 is 0. The van der Waals surface area contributed by atoms with Crippen molar-refractivity contribution in [2.45, 2.75) is 76.8 Å². The molecule has 148 valence electrons. The third-order valence-electron chi connectivity index (χ3n) is 3.56. The highest BCUT2D eigenvalue weighted by Gasteiger charge is 2.50. The van der Waals surface area contributed by atoms with Crippen LogP contribution < -0.4 is 5.32 Å². The van der Waals surface area contributed by atoms with Gasteiger partial charge in [0.25, 0.3) is 0 Å². The van der Waals surface area contributed by atoms with E-state index < -0.39 is 29.0 Å². The molecule has 1 amide bonds. The Hall–Kier alpha value is -0.296. The Morgan fingerprint density at radius 2 is 1.52 bits per heavy atom. The molecule has 9 heteroatoms. The number of hydrogen-bond donors (Lipinski definition) is 1. The van der Waals surface area contributed by atoms with E-state index in [4.69, 9.17) is 23.1 Å². The van der Waals surface area contributed by atoms with Crippen LogP contribution in [-0.4, -0.2) is 74.0 Å². The predicted octanol–water partition coefficient (Wildman–Crippen LogP) is 1.95. The van der Waals surface area contributed by atoms with Gasteiger partial charge in [0.05, 0.1) is 12.7 Å². The molecule has 5 atom stereocenters. The van der Waals surface area contributed by atoms with Crippen molar-refractivity contribution < 1.29 is 27.9 Å². The second-order valence-corrected chi connectivity index (χ2v) is 17.3. The van der Waals surface area contributed by atoms with Gasteiger partial charge in [-0.25, -0.2) is 0 Å². The standard InChI is InChI=1S/C16H35NO6Si2/c1-11(18)17-13-15(23-25(7,8)9)14(22-24(4,5)6)12(10-19-2)21-16(13)20-3/h12-16H,10H2,1-9H3,(H,17,18). The Morgan fingerprint density at radius 3 is 1.92 bits per heavy atom. The maximum Gasteiger partial charge on any atom is 0.217 e. The molecular weight excluding hydrogens is 358 g/mol. The molecule has 1 saturated heterocycles. The van der Waals surface area contributed by atoms with Gasteiger partial charge in [-0.1, -0.05) is 0 Å². The van der Waals surface area contributed by atoms with E-state index >= 15 is 0 Å². The Labute approximate surface area is 153 Å². The lowest BCUT2D eigenvalue weighted by Crippen LogP contribution is -2.68. The normalized spacial score (nSPS) is 31.0. The molecule has 5 unspecified atom stereocenters. The number of amides is 1. The summed E-state index contributed by atoms with van der Waals surface area (Å²) in [4.78, 5) is 11.8. The molecule has 0 aliphatic carbocycles. The molecule has 1 aliphatic heterocycles. The van der Waals surface area contributed by atoms with Crippen LogP contribution >= 0.6 is 0 Å². The van der Waals surface area contributed by atoms with Crippen molar-refractivity contribution in [3.05, 3.63) is 0 Å². The first-order valence-corrected chi connectivity index (χ1v) is 15.5. The minimum absolute atomic E-state index is 0.156. The molecule has 7 nitrogen and oxygen atoms in total. The molecule has 0 bridgehead atoms. The third-order valence-corrected chi connectivity index (χ3v) is 5.52. The number of rotatable bonds is 8. The molecule has 1 fully saturated rings. The molecule has 1 N–H and O–H groups in total.